The SMILES string of the molecule is COc1cc(OC)cc(-n2cnc(Nc3cc(C4CC4)nc(N4CC[C@@H](F)C4)c3)n2)c1.[HH]. The van der Waals surface area contributed by atoms with Gasteiger partial charge in [0.2, 0.25) is 5.95 Å². The highest BCUT2D eigenvalue weighted by molar-refractivity contribution is 5.61. The molecule has 0 spiro atoms. The predicted molar refractivity (Wildman–Crippen MR) is 118 cm³/mol. The number of nitrogens with one attached hydrogen (secondary N) is 1. The highest BCUT2D eigenvalue weighted by atomic mass is 19.1. The standard InChI is InChI=1S/C22H25FN6O2.H2/c1-30-18-9-17(10-19(11-18)31-2)29-13-24-22(27-29)25-16-7-20(14-3-4-14)26-21(8-16)28-6-5-15(23)12-28;/h7-11,13-15H,3-6,12H2,1-2H3,(H,25,26,27);1H/t15-;/m1./s1. The maximum Gasteiger partial charge on any atom is 0.246 e. The van der Waals surface area contributed by atoms with E-state index in [1.165, 1.54) is 0 Å². The minimum absolute atomic E-state index is 0. The van der Waals surface area contributed by atoms with E-state index in [1.54, 1.807) is 31.3 Å². The zero-order valence-electron chi connectivity index (χ0n) is 17.6. The lowest BCUT2D eigenvalue weighted by Crippen LogP contribution is -2.21. The van der Waals surface area contributed by atoms with Crippen molar-refractivity contribution in [1.82, 2.24) is 19.7 Å². The average Bonchev–Trinajstić information content (AvgIpc) is 3.39. The van der Waals surface area contributed by atoms with Gasteiger partial charge >= 0.3 is 0 Å². The molecule has 31 heavy (non-hydrogen) atoms. The van der Waals surface area contributed by atoms with Gasteiger partial charge < -0.3 is 19.7 Å². The van der Waals surface area contributed by atoms with Crippen LogP contribution in [0.1, 0.15) is 32.3 Å². The fourth-order valence-corrected chi connectivity index (χ4v) is 3.78. The number of nitrogens with zero attached hydrogens (tertiary/aromatic N) is 5. The Bertz CT molecular complexity index is 1070. The van der Waals surface area contributed by atoms with E-state index in [9.17, 15) is 4.39 Å². The van der Waals surface area contributed by atoms with Gasteiger partial charge in [-0.15, -0.1) is 5.10 Å². The third kappa shape index (κ3) is 4.26. The van der Waals surface area contributed by atoms with Crippen molar-refractivity contribution in [2.75, 3.05) is 37.5 Å². The zero-order valence-corrected chi connectivity index (χ0v) is 17.6. The van der Waals surface area contributed by atoms with Gasteiger partial charge in [0.15, 0.2) is 0 Å². The number of pyridine rings is 1. The van der Waals surface area contributed by atoms with Gasteiger partial charge in [-0.1, -0.05) is 0 Å². The van der Waals surface area contributed by atoms with E-state index in [0.717, 1.165) is 35.7 Å². The van der Waals surface area contributed by atoms with Gasteiger partial charge in [-0.05, 0) is 25.3 Å². The summed E-state index contributed by atoms with van der Waals surface area (Å²) in [5.41, 5.74) is 2.67. The molecular formula is C22H27FN6O2. The molecule has 1 aliphatic carbocycles. The second kappa shape index (κ2) is 8.05. The molecule has 1 saturated carbocycles. The lowest BCUT2D eigenvalue weighted by molar-refractivity contribution is 0.364. The van der Waals surface area contributed by atoms with Crippen molar-refractivity contribution in [1.29, 1.82) is 0 Å². The number of rotatable bonds is 7. The number of aromatic nitrogens is 4. The maximum atomic E-state index is 13.7. The van der Waals surface area contributed by atoms with E-state index in [1.807, 2.05) is 29.2 Å². The summed E-state index contributed by atoms with van der Waals surface area (Å²) in [4.78, 5) is 11.2. The predicted octanol–water partition coefficient (Wildman–Crippen LogP) is 4.09. The summed E-state index contributed by atoms with van der Waals surface area (Å²) in [6.07, 6.45) is 3.68. The Morgan fingerprint density at radius 2 is 1.84 bits per heavy atom. The molecule has 8 nitrogen and oxygen atoms in total. The molecule has 3 heterocycles. The highest BCUT2D eigenvalue weighted by Crippen LogP contribution is 2.41. The molecule has 3 aromatic rings. The van der Waals surface area contributed by atoms with Gasteiger partial charge in [-0.3, -0.25) is 0 Å². The molecule has 0 radical (unpaired) electrons. The summed E-state index contributed by atoms with van der Waals surface area (Å²) in [5.74, 6) is 3.10. The zero-order chi connectivity index (χ0) is 21.4. The Labute approximate surface area is 181 Å². The first-order valence-corrected chi connectivity index (χ1v) is 10.4. The smallest absolute Gasteiger partial charge is 0.246 e. The van der Waals surface area contributed by atoms with Gasteiger partial charge in [0.1, 0.15) is 29.8 Å². The van der Waals surface area contributed by atoms with E-state index in [0.29, 0.717) is 42.9 Å². The Balaban J connectivity index is 0.00000245. The molecule has 1 aromatic carbocycles. The summed E-state index contributed by atoms with van der Waals surface area (Å²) in [6, 6.07) is 9.51. The quantitative estimate of drug-likeness (QED) is 0.610. The first-order valence-electron chi connectivity index (χ1n) is 10.4. The van der Waals surface area contributed by atoms with Crippen LogP contribution in [0.15, 0.2) is 36.7 Å². The van der Waals surface area contributed by atoms with Crippen molar-refractivity contribution in [2.24, 2.45) is 0 Å². The van der Waals surface area contributed by atoms with Gasteiger partial charge in [0.05, 0.1) is 26.5 Å². The summed E-state index contributed by atoms with van der Waals surface area (Å²) in [5, 5.41) is 7.83. The number of alkyl halides is 1. The van der Waals surface area contributed by atoms with Gasteiger partial charge in [-0.2, -0.15) is 4.98 Å². The largest absolute Gasteiger partial charge is 0.497 e. The van der Waals surface area contributed by atoms with Crippen molar-refractivity contribution in [3.63, 3.8) is 0 Å². The molecule has 5 rings (SSSR count). The van der Waals surface area contributed by atoms with Crippen LogP contribution in [0.2, 0.25) is 0 Å². The van der Waals surface area contributed by atoms with Gasteiger partial charge in [0, 0.05) is 49.5 Å². The molecule has 2 aromatic heterocycles. The molecular weight excluding hydrogens is 399 g/mol. The number of halogens is 1. The van der Waals surface area contributed by atoms with Crippen molar-refractivity contribution < 1.29 is 15.3 Å². The van der Waals surface area contributed by atoms with Crippen LogP contribution in [0.25, 0.3) is 5.69 Å². The number of hydrogen-bond acceptors (Lipinski definition) is 7. The minimum atomic E-state index is -0.792. The van der Waals surface area contributed by atoms with Crippen molar-refractivity contribution in [3.05, 3.63) is 42.4 Å². The van der Waals surface area contributed by atoms with E-state index in [4.69, 9.17) is 14.5 Å². The van der Waals surface area contributed by atoms with Crippen LogP contribution >= 0.6 is 0 Å². The van der Waals surface area contributed by atoms with Crippen molar-refractivity contribution >= 4 is 17.5 Å². The van der Waals surface area contributed by atoms with E-state index in [2.05, 4.69) is 15.4 Å². The summed E-state index contributed by atoms with van der Waals surface area (Å²) in [6.45, 7) is 1.08. The molecule has 1 atom stereocenters. The second-order valence-corrected chi connectivity index (χ2v) is 7.95. The molecule has 0 amide bonds. The summed E-state index contributed by atoms with van der Waals surface area (Å²) < 4.78 is 26.1. The van der Waals surface area contributed by atoms with Gasteiger partial charge in [-0.25, -0.2) is 14.1 Å². The lowest BCUT2D eigenvalue weighted by atomic mass is 10.2. The third-order valence-corrected chi connectivity index (χ3v) is 5.63. The topological polar surface area (TPSA) is 77.3 Å². The molecule has 2 aliphatic rings. The monoisotopic (exact) mass is 426 g/mol. The molecule has 9 heteroatoms. The van der Waals surface area contributed by atoms with Crippen LogP contribution in [0.3, 0.4) is 0 Å². The van der Waals surface area contributed by atoms with Crippen LogP contribution in [0, 0.1) is 0 Å². The van der Waals surface area contributed by atoms with Crippen LogP contribution in [-0.4, -0.2) is 53.2 Å². The fraction of sp³-hybridized carbons (Fsp3) is 0.409. The Hall–Kier alpha value is -3.36. The minimum Gasteiger partial charge on any atom is -0.497 e. The average molecular weight is 426 g/mol. The number of hydrogen-bond donors (Lipinski definition) is 1. The number of methoxy groups -OCH3 is 2. The first kappa shape index (κ1) is 19.6. The molecule has 164 valence electrons. The van der Waals surface area contributed by atoms with Crippen LogP contribution in [0.5, 0.6) is 11.5 Å². The Kier molecular flexibility index (Phi) is 5.09. The Morgan fingerprint density at radius 3 is 2.48 bits per heavy atom. The van der Waals surface area contributed by atoms with Crippen LogP contribution in [0.4, 0.5) is 21.8 Å². The Morgan fingerprint density at radius 1 is 1.06 bits per heavy atom. The number of benzene rings is 1. The highest BCUT2D eigenvalue weighted by Gasteiger charge is 2.28. The van der Waals surface area contributed by atoms with E-state index < -0.39 is 6.17 Å². The van der Waals surface area contributed by atoms with E-state index in [-0.39, 0.29) is 1.43 Å². The summed E-state index contributed by atoms with van der Waals surface area (Å²) >= 11 is 0. The number of ether oxygens (including phenoxy) is 2. The molecule has 1 aliphatic heterocycles. The summed E-state index contributed by atoms with van der Waals surface area (Å²) in [7, 11) is 3.22. The van der Waals surface area contributed by atoms with Crippen molar-refractivity contribution in [2.45, 2.75) is 31.4 Å². The normalized spacial score (nSPS) is 18.3. The fourth-order valence-electron chi connectivity index (χ4n) is 3.78. The lowest BCUT2D eigenvalue weighted by Gasteiger charge is -2.18. The first-order chi connectivity index (χ1) is 15.1. The molecule has 1 saturated heterocycles. The molecule has 0 unspecified atom stereocenters. The molecule has 1 N–H and O–H groups in total. The molecule has 2 fully saturated rings. The third-order valence-electron chi connectivity index (χ3n) is 5.63. The van der Waals surface area contributed by atoms with Crippen LogP contribution in [-0.2, 0) is 0 Å². The van der Waals surface area contributed by atoms with Crippen LogP contribution < -0.4 is 19.7 Å². The number of anilines is 3. The maximum absolute atomic E-state index is 13.7. The second-order valence-electron chi connectivity index (χ2n) is 7.95. The van der Waals surface area contributed by atoms with E-state index >= 15 is 0 Å². The van der Waals surface area contributed by atoms with Crippen molar-refractivity contribution in [3.8, 4) is 17.2 Å². The van der Waals surface area contributed by atoms with Gasteiger partial charge in [0.25, 0.3) is 0 Å². The molecule has 0 bridgehead atoms.